The average molecular weight is 533 g/mol. The molecule has 0 aromatic heterocycles. The van der Waals surface area contributed by atoms with Gasteiger partial charge in [0.25, 0.3) is 0 Å². The number of hydrogen-bond donors (Lipinski definition) is 1. The molecule has 0 spiro atoms. The van der Waals surface area contributed by atoms with Crippen LogP contribution in [0.4, 0.5) is 0 Å². The fourth-order valence-corrected chi connectivity index (χ4v) is 8.48. The van der Waals surface area contributed by atoms with Gasteiger partial charge in [0.15, 0.2) is 18.0 Å². The highest BCUT2D eigenvalue weighted by Crippen LogP contribution is 2.68. The molecule has 7 nitrogen and oxygen atoms in total. The second kappa shape index (κ2) is 9.99. The molecule has 0 heterocycles. The van der Waals surface area contributed by atoms with Gasteiger partial charge in [0.05, 0.1) is 17.8 Å². The van der Waals surface area contributed by atoms with E-state index in [2.05, 4.69) is 13.8 Å². The van der Waals surface area contributed by atoms with Crippen molar-refractivity contribution in [3.05, 3.63) is 23.8 Å². The number of Topliss-reactive ketones (excluding diaryl/α,β-unsaturated/α-hetero) is 1. The lowest BCUT2D eigenvalue weighted by Crippen LogP contribution is -2.63. The molecule has 2 unspecified atom stereocenters. The Morgan fingerprint density at radius 3 is 2.59 bits per heavy atom. The Morgan fingerprint density at radius 1 is 1.24 bits per heavy atom. The van der Waals surface area contributed by atoms with Crippen LogP contribution in [0.3, 0.4) is 0 Å². The zero-order valence-electron chi connectivity index (χ0n) is 22.7. The van der Waals surface area contributed by atoms with Gasteiger partial charge in [-0.3, -0.25) is 19.2 Å². The first-order valence-corrected chi connectivity index (χ1v) is 14.7. The van der Waals surface area contributed by atoms with Gasteiger partial charge < -0.3 is 14.6 Å². The third-order valence-electron chi connectivity index (χ3n) is 9.75. The van der Waals surface area contributed by atoms with Crippen molar-refractivity contribution >= 4 is 35.3 Å². The molecule has 0 aliphatic heterocycles. The Labute approximate surface area is 223 Å². The first-order valence-electron chi connectivity index (χ1n) is 13.3. The number of ether oxygens (including phenoxy) is 2. The molecule has 8 heteroatoms. The van der Waals surface area contributed by atoms with E-state index in [-0.39, 0.29) is 47.5 Å². The van der Waals surface area contributed by atoms with Crippen LogP contribution >= 0.6 is 11.8 Å². The fraction of sp³-hybridized carbons (Fsp3) is 0.724. The van der Waals surface area contributed by atoms with E-state index in [9.17, 15) is 24.3 Å². The highest BCUT2D eigenvalue weighted by molar-refractivity contribution is 7.99. The number of fused-ring (bicyclic) bond motifs is 5. The van der Waals surface area contributed by atoms with E-state index in [4.69, 9.17) is 9.47 Å². The van der Waals surface area contributed by atoms with Crippen molar-refractivity contribution in [3.63, 3.8) is 0 Å². The minimum atomic E-state index is -1.47. The molecule has 204 valence electrons. The van der Waals surface area contributed by atoms with E-state index in [0.717, 1.165) is 12.0 Å². The normalized spacial score (nSPS) is 40.4. The molecule has 0 bridgehead atoms. The molecular formula is C29H40O7S. The second-order valence-electron chi connectivity index (χ2n) is 12.2. The molecule has 1 N–H and O–H groups in total. The largest absolute Gasteiger partial charge is 0.457 e. The van der Waals surface area contributed by atoms with Crippen LogP contribution in [-0.2, 0) is 28.7 Å². The number of carbonyl (C=O) groups excluding carboxylic acids is 4. The van der Waals surface area contributed by atoms with Gasteiger partial charge in [-0.05, 0) is 61.8 Å². The summed E-state index contributed by atoms with van der Waals surface area (Å²) in [6.07, 6.45) is 8.42. The number of rotatable bonds is 7. The summed E-state index contributed by atoms with van der Waals surface area (Å²) >= 11 is 1.32. The first kappa shape index (κ1) is 28.1. The van der Waals surface area contributed by atoms with Gasteiger partial charge in [0.2, 0.25) is 5.78 Å². The summed E-state index contributed by atoms with van der Waals surface area (Å²) in [6.45, 7) is 9.15. The van der Waals surface area contributed by atoms with Gasteiger partial charge in [-0.1, -0.05) is 46.3 Å². The molecule has 37 heavy (non-hydrogen) atoms. The van der Waals surface area contributed by atoms with E-state index in [1.165, 1.54) is 11.8 Å². The molecule has 0 aromatic carbocycles. The predicted octanol–water partition coefficient (Wildman–Crippen LogP) is 3.92. The minimum Gasteiger partial charge on any atom is -0.457 e. The molecule has 4 aliphatic carbocycles. The number of thioether (sulfide) groups is 1. The number of aliphatic hydroxyl groups excluding tert-OH is 1. The summed E-state index contributed by atoms with van der Waals surface area (Å²) in [4.78, 5) is 51.1. The number of ketones is 2. The van der Waals surface area contributed by atoms with Crippen molar-refractivity contribution < 1.29 is 33.8 Å². The molecule has 8 atom stereocenters. The Kier molecular flexibility index (Phi) is 7.58. The summed E-state index contributed by atoms with van der Waals surface area (Å²) in [5.74, 6) is -1.51. The van der Waals surface area contributed by atoms with Crippen molar-refractivity contribution in [2.45, 2.75) is 72.0 Å². The van der Waals surface area contributed by atoms with Gasteiger partial charge >= 0.3 is 11.9 Å². The van der Waals surface area contributed by atoms with Gasteiger partial charge in [-0.15, -0.1) is 0 Å². The SMILES string of the molecule is CSCC(=O)O[C@]1(C(=O)COC(=O)C(C)C)CC[C@H]2[C@@H]3CC(C)C4=CC(=O)C=C[C@]4(C)[C@H]3C(O)C[C@@]21C. The third-order valence-corrected chi connectivity index (χ3v) is 10.3. The maximum absolute atomic E-state index is 13.9. The molecule has 3 saturated carbocycles. The van der Waals surface area contributed by atoms with E-state index in [0.29, 0.717) is 12.8 Å². The molecule has 0 aromatic rings. The smallest absolute Gasteiger partial charge is 0.316 e. The topological polar surface area (TPSA) is 107 Å². The molecule has 0 saturated heterocycles. The Balaban J connectivity index is 1.72. The summed E-state index contributed by atoms with van der Waals surface area (Å²) in [5, 5.41) is 11.7. The average Bonchev–Trinajstić information content (AvgIpc) is 3.10. The van der Waals surface area contributed by atoms with Gasteiger partial charge in [0.1, 0.15) is 0 Å². The predicted molar refractivity (Wildman–Crippen MR) is 141 cm³/mol. The van der Waals surface area contributed by atoms with Crippen molar-refractivity contribution in [3.8, 4) is 0 Å². The lowest BCUT2D eigenvalue weighted by atomic mass is 9.44. The molecule has 4 aliphatic rings. The van der Waals surface area contributed by atoms with Crippen LogP contribution in [0.1, 0.15) is 60.3 Å². The molecule has 4 rings (SSSR count). The molecular weight excluding hydrogens is 492 g/mol. The zero-order valence-corrected chi connectivity index (χ0v) is 23.6. The summed E-state index contributed by atoms with van der Waals surface area (Å²) in [7, 11) is 0. The molecule has 0 amide bonds. The lowest BCUT2D eigenvalue weighted by Gasteiger charge is -2.61. The van der Waals surface area contributed by atoms with Crippen LogP contribution in [0.2, 0.25) is 0 Å². The number of carbonyl (C=O) groups is 4. The Morgan fingerprint density at radius 2 is 1.95 bits per heavy atom. The second-order valence-corrected chi connectivity index (χ2v) is 13.1. The van der Waals surface area contributed by atoms with E-state index in [1.54, 1.807) is 32.3 Å². The number of hydrogen-bond acceptors (Lipinski definition) is 8. The highest BCUT2D eigenvalue weighted by Gasteiger charge is 2.70. The van der Waals surface area contributed by atoms with Crippen molar-refractivity contribution in [2.24, 2.45) is 40.4 Å². The molecule has 0 radical (unpaired) electrons. The lowest BCUT2D eigenvalue weighted by molar-refractivity contribution is -0.200. The van der Waals surface area contributed by atoms with Crippen LogP contribution < -0.4 is 0 Å². The van der Waals surface area contributed by atoms with E-state index in [1.807, 2.05) is 13.0 Å². The van der Waals surface area contributed by atoms with E-state index >= 15 is 0 Å². The van der Waals surface area contributed by atoms with Crippen LogP contribution in [0.25, 0.3) is 0 Å². The maximum Gasteiger partial charge on any atom is 0.316 e. The first-order chi connectivity index (χ1) is 17.3. The number of aliphatic hydroxyl groups is 1. The highest BCUT2D eigenvalue weighted by atomic mass is 32.2. The van der Waals surface area contributed by atoms with Crippen molar-refractivity contribution in [1.82, 2.24) is 0 Å². The maximum atomic E-state index is 13.9. The van der Waals surface area contributed by atoms with Crippen LogP contribution in [0.5, 0.6) is 0 Å². The minimum absolute atomic E-state index is 0.0185. The third kappa shape index (κ3) is 4.42. The zero-order chi connectivity index (χ0) is 27.3. The van der Waals surface area contributed by atoms with Crippen LogP contribution in [0, 0.1) is 40.4 Å². The standard InChI is InChI=1S/C29H40O7S/c1-16(2)26(34)35-14-23(32)29(36-24(33)15-37-6)10-8-20-19-11-17(3)21-12-18(30)7-9-27(21,4)25(19)22(31)13-28(20,29)5/h7,9,12,16-17,19-20,22,25,31H,8,10-11,13-15H2,1-6H3/t17?,19-,20-,22?,25+,27-,28-,29-/m0/s1. The van der Waals surface area contributed by atoms with Gasteiger partial charge in [-0.25, -0.2) is 0 Å². The van der Waals surface area contributed by atoms with Crippen LogP contribution in [-0.4, -0.2) is 58.9 Å². The van der Waals surface area contributed by atoms with E-state index < -0.39 is 46.9 Å². The number of esters is 2. The van der Waals surface area contributed by atoms with Crippen molar-refractivity contribution in [2.75, 3.05) is 18.6 Å². The van der Waals surface area contributed by atoms with Gasteiger partial charge in [0, 0.05) is 16.7 Å². The Bertz CT molecular complexity index is 1050. The van der Waals surface area contributed by atoms with Gasteiger partial charge in [-0.2, -0.15) is 11.8 Å². The van der Waals surface area contributed by atoms with Crippen LogP contribution in [0.15, 0.2) is 23.8 Å². The fourth-order valence-electron chi connectivity index (χ4n) is 8.18. The Hall–Kier alpha value is -1.93. The summed E-state index contributed by atoms with van der Waals surface area (Å²) in [5.41, 5.74) is -1.66. The number of allylic oxidation sites excluding steroid dienone is 4. The monoisotopic (exact) mass is 532 g/mol. The van der Waals surface area contributed by atoms with Crippen molar-refractivity contribution in [1.29, 1.82) is 0 Å². The summed E-state index contributed by atoms with van der Waals surface area (Å²) < 4.78 is 11.4. The molecule has 3 fully saturated rings. The quantitative estimate of drug-likeness (QED) is 0.492. The summed E-state index contributed by atoms with van der Waals surface area (Å²) in [6, 6.07) is 0.